The Morgan fingerprint density at radius 2 is 2.08 bits per heavy atom. The van der Waals surface area contributed by atoms with Crippen molar-refractivity contribution in [1.29, 1.82) is 5.26 Å². The van der Waals surface area contributed by atoms with Gasteiger partial charge in [-0.2, -0.15) is 5.26 Å². The van der Waals surface area contributed by atoms with E-state index in [1.165, 1.54) is 12.8 Å². The fourth-order valence-electron chi connectivity index (χ4n) is 1.76. The van der Waals surface area contributed by atoms with Crippen molar-refractivity contribution < 1.29 is 0 Å². The van der Waals surface area contributed by atoms with E-state index < -0.39 is 0 Å². The van der Waals surface area contributed by atoms with Crippen LogP contribution in [-0.4, -0.2) is 36.6 Å². The first-order valence-corrected chi connectivity index (χ1v) is 4.75. The smallest absolute Gasteiger partial charge is 0.0635 e. The van der Waals surface area contributed by atoms with Gasteiger partial charge in [0.15, 0.2) is 0 Å². The minimum absolute atomic E-state index is 0.687. The van der Waals surface area contributed by atoms with Crippen molar-refractivity contribution in [1.82, 2.24) is 10.2 Å². The summed E-state index contributed by atoms with van der Waals surface area (Å²) in [5, 5.41) is 11.8. The second-order valence-electron chi connectivity index (χ2n) is 3.69. The molecule has 0 aromatic carbocycles. The predicted octanol–water partition coefficient (Wildman–Crippen LogP) is 0.336. The summed E-state index contributed by atoms with van der Waals surface area (Å²) in [5.41, 5.74) is 0. The summed E-state index contributed by atoms with van der Waals surface area (Å²) < 4.78 is 0. The van der Waals surface area contributed by atoms with Crippen LogP contribution in [0.2, 0.25) is 0 Å². The summed E-state index contributed by atoms with van der Waals surface area (Å²) in [6.07, 6.45) is 3.39. The van der Waals surface area contributed by atoms with Crippen molar-refractivity contribution >= 4 is 0 Å². The van der Waals surface area contributed by atoms with E-state index in [-0.39, 0.29) is 0 Å². The molecule has 2 rings (SSSR count). The van der Waals surface area contributed by atoms with Gasteiger partial charge in [-0.15, -0.1) is 0 Å². The Bertz CT molecular complexity index is 188. The van der Waals surface area contributed by atoms with E-state index in [0.29, 0.717) is 6.42 Å². The third kappa shape index (κ3) is 1.60. The van der Waals surface area contributed by atoms with Crippen LogP contribution in [0.4, 0.5) is 0 Å². The molecule has 3 nitrogen and oxygen atoms in total. The summed E-state index contributed by atoms with van der Waals surface area (Å²) in [5.74, 6) is 0. The third-order valence-electron chi connectivity index (χ3n) is 2.73. The first kappa shape index (κ1) is 8.03. The van der Waals surface area contributed by atoms with Crippen LogP contribution in [0, 0.1) is 11.3 Å². The molecule has 1 aliphatic carbocycles. The molecular weight excluding hydrogens is 150 g/mol. The monoisotopic (exact) mass is 165 g/mol. The molecule has 0 aromatic rings. The lowest BCUT2D eigenvalue weighted by molar-refractivity contribution is 0.140. The summed E-state index contributed by atoms with van der Waals surface area (Å²) in [6.45, 7) is 3.23. The van der Waals surface area contributed by atoms with E-state index in [1.807, 2.05) is 0 Å². The Kier molecular flexibility index (Phi) is 2.29. The van der Waals surface area contributed by atoms with Crippen LogP contribution in [0.5, 0.6) is 0 Å². The molecule has 1 aliphatic heterocycles. The molecule has 0 unspecified atom stereocenters. The molecule has 1 saturated carbocycles. The average Bonchev–Trinajstić information content (AvgIpc) is 2.75. The van der Waals surface area contributed by atoms with Gasteiger partial charge in [-0.3, -0.25) is 4.90 Å². The Morgan fingerprint density at radius 3 is 2.50 bits per heavy atom. The molecule has 3 heteroatoms. The van der Waals surface area contributed by atoms with E-state index in [2.05, 4.69) is 16.3 Å². The zero-order chi connectivity index (χ0) is 8.39. The Balaban J connectivity index is 1.80. The first-order chi connectivity index (χ1) is 5.92. The van der Waals surface area contributed by atoms with E-state index in [1.54, 1.807) is 0 Å². The molecule has 0 bridgehead atoms. The highest BCUT2D eigenvalue weighted by atomic mass is 15.3. The van der Waals surface area contributed by atoms with Crippen LogP contribution in [0.15, 0.2) is 0 Å². The molecule has 2 aliphatic rings. The average molecular weight is 165 g/mol. The van der Waals surface area contributed by atoms with Gasteiger partial charge in [-0.05, 0) is 12.8 Å². The number of hydrogen-bond donors (Lipinski definition) is 1. The molecular formula is C9H15N3. The predicted molar refractivity (Wildman–Crippen MR) is 46.6 cm³/mol. The van der Waals surface area contributed by atoms with Crippen LogP contribution >= 0.6 is 0 Å². The zero-order valence-electron chi connectivity index (χ0n) is 7.29. The largest absolute Gasteiger partial charge is 0.314 e. The lowest BCUT2D eigenvalue weighted by atomic mass is 10.1. The van der Waals surface area contributed by atoms with E-state index in [4.69, 9.17) is 5.26 Å². The van der Waals surface area contributed by atoms with E-state index in [0.717, 1.165) is 31.7 Å². The van der Waals surface area contributed by atoms with Crippen molar-refractivity contribution in [3.05, 3.63) is 0 Å². The van der Waals surface area contributed by atoms with Crippen LogP contribution in [0.1, 0.15) is 19.3 Å². The second-order valence-corrected chi connectivity index (χ2v) is 3.69. The van der Waals surface area contributed by atoms with E-state index in [9.17, 15) is 0 Å². The molecule has 12 heavy (non-hydrogen) atoms. The second kappa shape index (κ2) is 3.42. The molecule has 66 valence electrons. The Morgan fingerprint density at radius 1 is 1.33 bits per heavy atom. The summed E-state index contributed by atoms with van der Waals surface area (Å²) in [7, 11) is 0. The van der Waals surface area contributed by atoms with Crippen molar-refractivity contribution in [2.24, 2.45) is 0 Å². The van der Waals surface area contributed by atoms with Crippen molar-refractivity contribution in [3.8, 4) is 6.07 Å². The Labute approximate surface area is 73.3 Å². The minimum Gasteiger partial charge on any atom is -0.314 e. The molecule has 1 N–H and O–H groups in total. The highest BCUT2D eigenvalue weighted by Crippen LogP contribution is 2.29. The molecule has 0 aromatic heterocycles. The molecule has 1 saturated heterocycles. The minimum atomic E-state index is 0.687. The molecule has 2 fully saturated rings. The van der Waals surface area contributed by atoms with Crippen molar-refractivity contribution in [2.45, 2.75) is 31.3 Å². The highest BCUT2D eigenvalue weighted by molar-refractivity contribution is 4.95. The standard InChI is InChI=1S/C9H15N3/c10-4-1-5-12(8-2-3-8)9-6-11-7-9/h8-9,11H,1-3,5-7H2. The maximum atomic E-state index is 8.50. The summed E-state index contributed by atoms with van der Waals surface area (Å²) in [6, 6.07) is 3.76. The topological polar surface area (TPSA) is 39.1 Å². The number of rotatable bonds is 4. The van der Waals surface area contributed by atoms with Gasteiger partial charge < -0.3 is 5.32 Å². The molecule has 1 heterocycles. The van der Waals surface area contributed by atoms with Crippen molar-refractivity contribution in [3.63, 3.8) is 0 Å². The van der Waals surface area contributed by atoms with Crippen LogP contribution in [0.3, 0.4) is 0 Å². The first-order valence-electron chi connectivity index (χ1n) is 4.75. The number of nitrogens with zero attached hydrogens (tertiary/aromatic N) is 2. The summed E-state index contributed by atoms with van der Waals surface area (Å²) >= 11 is 0. The van der Waals surface area contributed by atoms with Crippen LogP contribution in [0.25, 0.3) is 0 Å². The van der Waals surface area contributed by atoms with Gasteiger partial charge in [0.25, 0.3) is 0 Å². The lowest BCUT2D eigenvalue weighted by Crippen LogP contribution is -2.58. The van der Waals surface area contributed by atoms with Gasteiger partial charge in [0.1, 0.15) is 0 Å². The number of hydrogen-bond acceptors (Lipinski definition) is 3. The van der Waals surface area contributed by atoms with Gasteiger partial charge in [0.2, 0.25) is 0 Å². The quantitative estimate of drug-likeness (QED) is 0.652. The van der Waals surface area contributed by atoms with Gasteiger partial charge in [0.05, 0.1) is 6.07 Å². The number of nitriles is 1. The maximum absolute atomic E-state index is 8.50. The normalized spacial score (nSPS) is 23.7. The van der Waals surface area contributed by atoms with Gasteiger partial charge in [0, 0.05) is 38.1 Å². The van der Waals surface area contributed by atoms with Gasteiger partial charge >= 0.3 is 0 Å². The fourth-order valence-corrected chi connectivity index (χ4v) is 1.76. The fraction of sp³-hybridized carbons (Fsp3) is 0.889. The van der Waals surface area contributed by atoms with E-state index >= 15 is 0 Å². The zero-order valence-corrected chi connectivity index (χ0v) is 7.29. The SMILES string of the molecule is N#CCCN(C1CC1)C1CNC1. The summed E-state index contributed by atoms with van der Waals surface area (Å²) in [4.78, 5) is 2.51. The van der Waals surface area contributed by atoms with Gasteiger partial charge in [-0.25, -0.2) is 0 Å². The molecule has 0 amide bonds. The number of nitrogens with one attached hydrogen (secondary N) is 1. The molecule has 0 radical (unpaired) electrons. The Hall–Kier alpha value is -0.590. The van der Waals surface area contributed by atoms with Crippen LogP contribution < -0.4 is 5.32 Å². The molecule has 0 spiro atoms. The highest BCUT2D eigenvalue weighted by Gasteiger charge is 2.35. The molecule has 0 atom stereocenters. The lowest BCUT2D eigenvalue weighted by Gasteiger charge is -2.38. The maximum Gasteiger partial charge on any atom is 0.0635 e. The van der Waals surface area contributed by atoms with Crippen LogP contribution in [-0.2, 0) is 0 Å². The third-order valence-corrected chi connectivity index (χ3v) is 2.73. The van der Waals surface area contributed by atoms with Gasteiger partial charge in [-0.1, -0.05) is 0 Å². The van der Waals surface area contributed by atoms with Crippen molar-refractivity contribution in [2.75, 3.05) is 19.6 Å².